The maximum atomic E-state index is 13.3. The molecule has 1 amide bonds. The Morgan fingerprint density at radius 1 is 1.09 bits per heavy atom. The first-order valence-corrected chi connectivity index (χ1v) is 13.3. The van der Waals surface area contributed by atoms with Crippen LogP contribution in [0.5, 0.6) is 5.75 Å². The van der Waals surface area contributed by atoms with E-state index in [0.717, 1.165) is 21.5 Å². The summed E-state index contributed by atoms with van der Waals surface area (Å²) in [4.78, 5) is 22.0. The fourth-order valence-corrected chi connectivity index (χ4v) is 5.33. The molecule has 1 aromatic heterocycles. The molecule has 0 fully saturated rings. The van der Waals surface area contributed by atoms with E-state index in [1.165, 1.54) is 11.3 Å². The summed E-state index contributed by atoms with van der Waals surface area (Å²) >= 11 is 1.46. The number of hydrogen-bond donors (Lipinski definition) is 0. The number of likely N-dealkylation sites (N-methyl/N-ethyl adjacent to an activating group) is 1. The van der Waals surface area contributed by atoms with Gasteiger partial charge in [0.1, 0.15) is 5.75 Å². The second-order valence-corrected chi connectivity index (χ2v) is 11.8. The van der Waals surface area contributed by atoms with Crippen molar-refractivity contribution in [3.63, 3.8) is 0 Å². The minimum absolute atomic E-state index is 0. The zero-order valence-corrected chi connectivity index (χ0v) is 22.6. The topological polar surface area (TPSA) is 79.8 Å². The Morgan fingerprint density at radius 2 is 1.76 bits per heavy atom. The largest absolute Gasteiger partial charge is 0.494 e. The summed E-state index contributed by atoms with van der Waals surface area (Å²) in [5, 5.41) is 0.151. The van der Waals surface area contributed by atoms with Gasteiger partial charge in [-0.1, -0.05) is 23.5 Å². The van der Waals surface area contributed by atoms with Gasteiger partial charge in [-0.25, -0.2) is 13.4 Å². The monoisotopic (exact) mass is 525 g/mol. The first-order valence-electron chi connectivity index (χ1n) is 10.9. The molecule has 34 heavy (non-hydrogen) atoms. The highest BCUT2D eigenvalue weighted by molar-refractivity contribution is 7.92. The standard InChI is InChI=1S/C24H31N3O4S2.ClH/c1-6-31-19-9-12-21-22(16-19)32-24(25-21)27(14-13-26(4)5)23(28)15-18-7-10-20(11-8-18)33(29,30)17(2)3;/h7-12,16-17H,6,13-15H2,1-5H3;1H. The Kier molecular flexibility index (Phi) is 9.87. The number of hydrogen-bond acceptors (Lipinski definition) is 7. The molecule has 7 nitrogen and oxygen atoms in total. The number of amides is 1. The lowest BCUT2D eigenvalue weighted by atomic mass is 10.1. The molecule has 0 radical (unpaired) electrons. The van der Waals surface area contributed by atoms with E-state index < -0.39 is 15.1 Å². The number of halogens is 1. The first kappa shape index (κ1) is 28.0. The van der Waals surface area contributed by atoms with Crippen LogP contribution < -0.4 is 9.64 Å². The van der Waals surface area contributed by atoms with Crippen molar-refractivity contribution in [1.82, 2.24) is 9.88 Å². The van der Waals surface area contributed by atoms with E-state index in [4.69, 9.17) is 9.72 Å². The molecule has 0 unspecified atom stereocenters. The lowest BCUT2D eigenvalue weighted by Gasteiger charge is -2.22. The van der Waals surface area contributed by atoms with E-state index in [2.05, 4.69) is 0 Å². The molecule has 186 valence electrons. The number of benzene rings is 2. The van der Waals surface area contributed by atoms with Gasteiger partial charge >= 0.3 is 0 Å². The van der Waals surface area contributed by atoms with Crippen LogP contribution in [0.1, 0.15) is 26.3 Å². The number of thiazole rings is 1. The predicted octanol–water partition coefficient (Wildman–Crippen LogP) is 4.44. The van der Waals surface area contributed by atoms with Crippen LogP contribution in [-0.2, 0) is 21.1 Å². The average molecular weight is 526 g/mol. The molecule has 3 aromatic rings. The quantitative estimate of drug-likeness (QED) is 0.389. The van der Waals surface area contributed by atoms with E-state index in [1.807, 2.05) is 44.1 Å². The number of ether oxygens (including phenoxy) is 1. The Bertz CT molecular complexity index is 1210. The summed E-state index contributed by atoms with van der Waals surface area (Å²) in [6.07, 6.45) is 0.162. The predicted molar refractivity (Wildman–Crippen MR) is 141 cm³/mol. The van der Waals surface area contributed by atoms with Gasteiger partial charge in [0.25, 0.3) is 0 Å². The molecular formula is C24H32ClN3O4S2. The molecule has 10 heteroatoms. The average Bonchev–Trinajstić information content (AvgIpc) is 3.17. The van der Waals surface area contributed by atoms with Gasteiger partial charge in [0.2, 0.25) is 5.91 Å². The van der Waals surface area contributed by atoms with Gasteiger partial charge in [0.15, 0.2) is 15.0 Å². The Balaban J connectivity index is 0.00000408. The molecule has 0 saturated heterocycles. The van der Waals surface area contributed by atoms with Crippen LogP contribution in [0, 0.1) is 0 Å². The van der Waals surface area contributed by atoms with Crippen molar-refractivity contribution in [3.8, 4) is 5.75 Å². The molecule has 0 bridgehead atoms. The summed E-state index contributed by atoms with van der Waals surface area (Å²) < 4.78 is 31.3. The second-order valence-electron chi connectivity index (χ2n) is 8.32. The van der Waals surface area contributed by atoms with Crippen LogP contribution in [0.25, 0.3) is 10.2 Å². The minimum Gasteiger partial charge on any atom is -0.494 e. The Labute approximate surface area is 212 Å². The van der Waals surface area contributed by atoms with Crippen molar-refractivity contribution in [2.75, 3.05) is 38.7 Å². The van der Waals surface area contributed by atoms with Gasteiger partial charge in [-0.3, -0.25) is 9.69 Å². The second kappa shape index (κ2) is 12.0. The summed E-state index contributed by atoms with van der Waals surface area (Å²) in [5.74, 6) is 0.697. The highest BCUT2D eigenvalue weighted by Gasteiger charge is 2.22. The fourth-order valence-electron chi connectivity index (χ4n) is 3.23. The Morgan fingerprint density at radius 3 is 2.35 bits per heavy atom. The van der Waals surface area contributed by atoms with Crippen molar-refractivity contribution in [2.45, 2.75) is 37.3 Å². The number of anilines is 1. The number of sulfone groups is 1. The maximum Gasteiger partial charge on any atom is 0.233 e. The Hall–Kier alpha value is -2.20. The number of rotatable bonds is 10. The molecule has 0 saturated carbocycles. The highest BCUT2D eigenvalue weighted by Crippen LogP contribution is 2.32. The van der Waals surface area contributed by atoms with Crippen LogP contribution in [0.3, 0.4) is 0 Å². The molecule has 0 aliphatic carbocycles. The highest BCUT2D eigenvalue weighted by atomic mass is 35.5. The van der Waals surface area contributed by atoms with Gasteiger partial charge in [-0.15, -0.1) is 12.4 Å². The van der Waals surface area contributed by atoms with Crippen molar-refractivity contribution in [2.24, 2.45) is 0 Å². The van der Waals surface area contributed by atoms with Crippen molar-refractivity contribution < 1.29 is 17.9 Å². The third-order valence-electron chi connectivity index (χ3n) is 5.19. The third kappa shape index (κ3) is 6.69. The normalized spacial score (nSPS) is 11.6. The number of carbonyl (C=O) groups excluding carboxylic acids is 1. The SMILES string of the molecule is CCOc1ccc2nc(N(CCN(C)C)C(=O)Cc3ccc(S(=O)(=O)C(C)C)cc3)sc2c1.Cl. The molecule has 0 spiro atoms. The fraction of sp³-hybridized carbons (Fsp3) is 0.417. The molecule has 3 rings (SSSR count). The third-order valence-corrected chi connectivity index (χ3v) is 8.40. The first-order chi connectivity index (χ1) is 15.6. The zero-order valence-electron chi connectivity index (χ0n) is 20.1. The van der Waals surface area contributed by atoms with Gasteiger partial charge in [-0.2, -0.15) is 0 Å². The van der Waals surface area contributed by atoms with Crippen LogP contribution >= 0.6 is 23.7 Å². The number of aromatic nitrogens is 1. The van der Waals surface area contributed by atoms with Gasteiger partial charge in [0.05, 0.1) is 33.4 Å². The summed E-state index contributed by atoms with van der Waals surface area (Å²) in [7, 11) is 0.581. The molecular weight excluding hydrogens is 494 g/mol. The van der Waals surface area contributed by atoms with E-state index in [-0.39, 0.29) is 29.6 Å². The van der Waals surface area contributed by atoms with Crippen LogP contribution in [0.2, 0.25) is 0 Å². The van der Waals surface area contributed by atoms with Gasteiger partial charge in [-0.05, 0) is 70.8 Å². The molecule has 0 aliphatic rings. The molecule has 0 aliphatic heterocycles. The van der Waals surface area contributed by atoms with Crippen LogP contribution in [0.15, 0.2) is 47.4 Å². The molecule has 0 N–H and O–H groups in total. The van der Waals surface area contributed by atoms with Gasteiger partial charge < -0.3 is 9.64 Å². The minimum atomic E-state index is -3.34. The maximum absolute atomic E-state index is 13.3. The number of nitrogens with zero attached hydrogens (tertiary/aromatic N) is 3. The van der Waals surface area contributed by atoms with Crippen LogP contribution in [0.4, 0.5) is 5.13 Å². The molecule has 2 aromatic carbocycles. The number of carbonyl (C=O) groups is 1. The number of fused-ring (bicyclic) bond motifs is 1. The summed E-state index contributed by atoms with van der Waals surface area (Å²) in [6.45, 7) is 7.04. The van der Waals surface area contributed by atoms with E-state index in [9.17, 15) is 13.2 Å². The zero-order chi connectivity index (χ0) is 24.2. The lowest BCUT2D eigenvalue weighted by molar-refractivity contribution is -0.118. The lowest BCUT2D eigenvalue weighted by Crippen LogP contribution is -2.37. The molecule has 1 heterocycles. The van der Waals surface area contributed by atoms with E-state index >= 15 is 0 Å². The van der Waals surface area contributed by atoms with Gasteiger partial charge in [0, 0.05) is 13.1 Å². The van der Waals surface area contributed by atoms with Crippen LogP contribution in [-0.4, -0.2) is 63.3 Å². The van der Waals surface area contributed by atoms with Crippen molar-refractivity contribution in [3.05, 3.63) is 48.0 Å². The summed E-state index contributed by atoms with van der Waals surface area (Å²) in [5.41, 5.74) is 1.58. The summed E-state index contributed by atoms with van der Waals surface area (Å²) in [6, 6.07) is 12.3. The van der Waals surface area contributed by atoms with E-state index in [1.54, 1.807) is 43.0 Å². The smallest absolute Gasteiger partial charge is 0.233 e. The van der Waals surface area contributed by atoms with Crippen molar-refractivity contribution in [1.29, 1.82) is 0 Å². The van der Waals surface area contributed by atoms with Crippen molar-refractivity contribution >= 4 is 54.8 Å². The van der Waals surface area contributed by atoms with E-state index in [0.29, 0.717) is 24.8 Å². The molecule has 0 atom stereocenters.